The Labute approximate surface area is 246 Å². The number of halogens is 2. The van der Waals surface area contributed by atoms with Crippen molar-refractivity contribution in [3.63, 3.8) is 0 Å². The van der Waals surface area contributed by atoms with Gasteiger partial charge in [-0.15, -0.1) is 0 Å². The van der Waals surface area contributed by atoms with Gasteiger partial charge in [0.25, 0.3) is 0 Å². The first-order valence-corrected chi connectivity index (χ1v) is 13.9. The Kier molecular flexibility index (Phi) is 7.98. The lowest BCUT2D eigenvalue weighted by atomic mass is 9.93. The number of carboxylic acid groups (broad SMARTS) is 1. The number of carbonyl (C=O) groups excluding carboxylic acids is 1. The predicted molar refractivity (Wildman–Crippen MR) is 156 cm³/mol. The van der Waals surface area contributed by atoms with Gasteiger partial charge < -0.3 is 29.0 Å². The lowest BCUT2D eigenvalue weighted by molar-refractivity contribution is -0.149. The van der Waals surface area contributed by atoms with Crippen molar-refractivity contribution in [2.45, 2.75) is 25.6 Å². The topological polar surface area (TPSA) is 94.5 Å². The minimum atomic E-state index is -1.04. The zero-order valence-electron chi connectivity index (χ0n) is 20.3. The molecule has 0 unspecified atom stereocenters. The number of benzene rings is 3. The number of methoxy groups -OCH3 is 1. The molecule has 0 saturated heterocycles. The quantitative estimate of drug-likeness (QED) is 0.261. The van der Waals surface area contributed by atoms with Gasteiger partial charge in [-0.05, 0) is 98.3 Å². The van der Waals surface area contributed by atoms with Crippen LogP contribution in [0.4, 0.5) is 0 Å². The van der Waals surface area contributed by atoms with Gasteiger partial charge in [-0.2, -0.15) is 0 Å². The van der Waals surface area contributed by atoms with Crippen LogP contribution in [0, 0.1) is 7.14 Å². The molecular formula is C28H23I2NO7. The second-order valence-electron chi connectivity index (χ2n) is 8.74. The monoisotopic (exact) mass is 739 g/mol. The summed E-state index contributed by atoms with van der Waals surface area (Å²) in [5.74, 6) is 1.34. The molecule has 0 spiro atoms. The van der Waals surface area contributed by atoms with E-state index >= 15 is 0 Å². The van der Waals surface area contributed by atoms with E-state index in [1.807, 2.05) is 30.3 Å². The molecule has 2 heterocycles. The largest absolute Gasteiger partial charge is 0.497 e. The van der Waals surface area contributed by atoms with Crippen molar-refractivity contribution in [3.8, 4) is 23.0 Å². The second-order valence-corrected chi connectivity index (χ2v) is 11.0. The minimum Gasteiger partial charge on any atom is -0.497 e. The van der Waals surface area contributed by atoms with E-state index in [9.17, 15) is 14.7 Å². The number of rotatable bonds is 7. The molecule has 2 aliphatic heterocycles. The van der Waals surface area contributed by atoms with Gasteiger partial charge in [0.05, 0.1) is 14.3 Å². The van der Waals surface area contributed by atoms with E-state index < -0.39 is 12.0 Å². The molecule has 0 saturated carbocycles. The van der Waals surface area contributed by atoms with Crippen LogP contribution in [0.15, 0.2) is 54.6 Å². The van der Waals surface area contributed by atoms with Gasteiger partial charge in [-0.1, -0.05) is 12.1 Å². The van der Waals surface area contributed by atoms with Gasteiger partial charge in [0.2, 0.25) is 12.7 Å². The highest BCUT2D eigenvalue weighted by molar-refractivity contribution is 14.1. The molecule has 2 aliphatic rings. The Morgan fingerprint density at radius 3 is 2.79 bits per heavy atom. The second kappa shape index (κ2) is 11.4. The summed E-state index contributed by atoms with van der Waals surface area (Å²) in [5.41, 5.74) is 3.48. The van der Waals surface area contributed by atoms with Crippen LogP contribution in [-0.4, -0.2) is 41.8 Å². The summed E-state index contributed by atoms with van der Waals surface area (Å²) in [6, 6.07) is 14.0. The van der Waals surface area contributed by atoms with Gasteiger partial charge in [0.15, 0.2) is 0 Å². The SMILES string of the molecule is COc1cccc(COc2c(I)cc3c(c2I)CN(C(=O)/C=C/c2ccc4cc2OCO4)[C@H](C(=O)O)C3)c1. The summed E-state index contributed by atoms with van der Waals surface area (Å²) < 4.78 is 24.1. The van der Waals surface area contributed by atoms with Crippen molar-refractivity contribution in [2.75, 3.05) is 13.9 Å². The van der Waals surface area contributed by atoms with E-state index in [1.54, 1.807) is 31.4 Å². The third kappa shape index (κ3) is 5.55. The van der Waals surface area contributed by atoms with E-state index in [1.165, 1.54) is 11.0 Å². The van der Waals surface area contributed by atoms with E-state index in [0.29, 0.717) is 29.4 Å². The summed E-state index contributed by atoms with van der Waals surface area (Å²) in [7, 11) is 1.62. The fourth-order valence-corrected chi connectivity index (χ4v) is 6.71. The van der Waals surface area contributed by atoms with Crippen LogP contribution in [-0.2, 0) is 29.2 Å². The zero-order chi connectivity index (χ0) is 26.8. The molecule has 3 aromatic carbocycles. The van der Waals surface area contributed by atoms with Crippen LogP contribution < -0.4 is 18.9 Å². The molecule has 0 aromatic heterocycles. The molecule has 1 atom stereocenters. The Bertz CT molecular complexity index is 1440. The van der Waals surface area contributed by atoms with Gasteiger partial charge in [-0.25, -0.2) is 4.79 Å². The summed E-state index contributed by atoms with van der Waals surface area (Å²) in [6.45, 7) is 0.621. The number of amides is 1. The van der Waals surface area contributed by atoms with Crippen LogP contribution in [0.2, 0.25) is 0 Å². The van der Waals surface area contributed by atoms with E-state index in [0.717, 1.165) is 29.6 Å². The highest BCUT2D eigenvalue weighted by Gasteiger charge is 2.36. The van der Waals surface area contributed by atoms with Crippen LogP contribution in [0.3, 0.4) is 0 Å². The van der Waals surface area contributed by atoms with Gasteiger partial charge in [-0.3, -0.25) is 4.79 Å². The molecule has 8 nitrogen and oxygen atoms in total. The highest BCUT2D eigenvalue weighted by Crippen LogP contribution is 2.38. The van der Waals surface area contributed by atoms with Crippen molar-refractivity contribution in [1.82, 2.24) is 4.90 Å². The Morgan fingerprint density at radius 2 is 2.00 bits per heavy atom. The first-order valence-electron chi connectivity index (χ1n) is 11.7. The molecular weight excluding hydrogens is 716 g/mol. The molecule has 196 valence electrons. The Balaban J connectivity index is 1.39. The number of aliphatic carboxylic acids is 1. The molecule has 1 N–H and O–H groups in total. The van der Waals surface area contributed by atoms with Crippen LogP contribution in [0.25, 0.3) is 6.08 Å². The first kappa shape index (κ1) is 26.6. The fraction of sp³-hybridized carbons (Fsp3) is 0.214. The standard InChI is InChI=1S/C28H23I2NO7/c1-35-19-4-2-3-16(9-19)14-36-27-22(29)10-18-11-23(28(33)34)31(13-21(18)26(27)30)25(32)8-6-17-5-7-20-12-24(17)38-15-37-20/h2-10,12,23H,11,13-15H2,1H3,(H,33,34)/b8-6+/t23-/m0/s1. The zero-order valence-corrected chi connectivity index (χ0v) is 24.6. The molecule has 0 radical (unpaired) electrons. The highest BCUT2D eigenvalue weighted by atomic mass is 127. The van der Waals surface area contributed by atoms with Gasteiger partial charge in [0, 0.05) is 30.7 Å². The molecule has 2 bridgehead atoms. The maximum Gasteiger partial charge on any atom is 0.326 e. The summed E-state index contributed by atoms with van der Waals surface area (Å²) in [6.07, 6.45) is 3.25. The van der Waals surface area contributed by atoms with Crippen molar-refractivity contribution in [2.24, 2.45) is 0 Å². The van der Waals surface area contributed by atoms with E-state index in [4.69, 9.17) is 18.9 Å². The van der Waals surface area contributed by atoms with E-state index in [-0.39, 0.29) is 25.7 Å². The third-order valence-electron chi connectivity index (χ3n) is 6.40. The summed E-state index contributed by atoms with van der Waals surface area (Å²) >= 11 is 4.44. The summed E-state index contributed by atoms with van der Waals surface area (Å²) in [4.78, 5) is 26.8. The average Bonchev–Trinajstić information content (AvgIpc) is 2.92. The van der Waals surface area contributed by atoms with Crippen molar-refractivity contribution < 1.29 is 33.6 Å². The Morgan fingerprint density at radius 1 is 1.16 bits per heavy atom. The smallest absolute Gasteiger partial charge is 0.326 e. The van der Waals surface area contributed by atoms with Crippen molar-refractivity contribution >= 4 is 63.1 Å². The van der Waals surface area contributed by atoms with Crippen molar-refractivity contribution in [3.05, 3.63) is 84.0 Å². The number of nitrogens with zero attached hydrogens (tertiary/aromatic N) is 1. The first-order chi connectivity index (χ1) is 18.3. The normalized spacial score (nSPS) is 15.9. The van der Waals surface area contributed by atoms with Crippen LogP contribution in [0.1, 0.15) is 22.3 Å². The summed E-state index contributed by atoms with van der Waals surface area (Å²) in [5, 5.41) is 9.94. The lowest BCUT2D eigenvalue weighted by Gasteiger charge is -2.35. The maximum atomic E-state index is 13.3. The van der Waals surface area contributed by atoms with E-state index in [2.05, 4.69) is 45.2 Å². The molecule has 10 heteroatoms. The molecule has 1 amide bonds. The Hall–Kier alpha value is -3.00. The molecule has 0 aliphatic carbocycles. The number of carboxylic acids is 1. The van der Waals surface area contributed by atoms with Crippen LogP contribution >= 0.6 is 45.2 Å². The fourth-order valence-electron chi connectivity index (χ4n) is 4.43. The average molecular weight is 739 g/mol. The molecule has 3 aromatic rings. The number of hydrogen-bond donors (Lipinski definition) is 1. The number of hydrogen-bond acceptors (Lipinski definition) is 6. The molecule has 5 rings (SSSR count). The maximum absolute atomic E-state index is 13.3. The lowest BCUT2D eigenvalue weighted by Crippen LogP contribution is -2.48. The van der Waals surface area contributed by atoms with Gasteiger partial charge >= 0.3 is 5.97 Å². The number of ether oxygens (including phenoxy) is 4. The van der Waals surface area contributed by atoms with Crippen LogP contribution in [0.5, 0.6) is 23.0 Å². The molecule has 0 fully saturated rings. The predicted octanol–water partition coefficient (Wildman–Crippen LogP) is 5.26. The number of fused-ring (bicyclic) bond motifs is 3. The molecule has 38 heavy (non-hydrogen) atoms. The van der Waals surface area contributed by atoms with Gasteiger partial charge in [0.1, 0.15) is 35.6 Å². The van der Waals surface area contributed by atoms with Crippen molar-refractivity contribution in [1.29, 1.82) is 0 Å². The number of carbonyl (C=O) groups is 2. The minimum absolute atomic E-state index is 0.111. The third-order valence-corrected chi connectivity index (χ3v) is 8.35.